The van der Waals surface area contributed by atoms with E-state index in [0.717, 1.165) is 18.7 Å². The van der Waals surface area contributed by atoms with E-state index >= 15 is 0 Å². The number of ether oxygens (including phenoxy) is 1. The number of nitrogens with one attached hydrogen (secondary N) is 1. The van der Waals surface area contributed by atoms with Gasteiger partial charge in [0, 0.05) is 6.54 Å². The Morgan fingerprint density at radius 3 is 2.88 bits per heavy atom. The summed E-state index contributed by atoms with van der Waals surface area (Å²) in [7, 11) is 4.01. The van der Waals surface area contributed by atoms with E-state index in [-0.39, 0.29) is 17.9 Å². The summed E-state index contributed by atoms with van der Waals surface area (Å²) in [4.78, 5) is 2.10. The maximum absolute atomic E-state index is 13.3. The SMILES string of the molecule is CN(C)C(c1cccc(F)c1)C1COCCN1. The topological polar surface area (TPSA) is 24.5 Å². The molecule has 1 N–H and O–H groups in total. The van der Waals surface area contributed by atoms with Gasteiger partial charge in [0.2, 0.25) is 0 Å². The minimum Gasteiger partial charge on any atom is -0.378 e. The predicted molar refractivity (Wildman–Crippen MR) is 65.4 cm³/mol. The van der Waals surface area contributed by atoms with E-state index < -0.39 is 0 Å². The van der Waals surface area contributed by atoms with Crippen LogP contribution in [0.25, 0.3) is 0 Å². The Morgan fingerprint density at radius 2 is 2.29 bits per heavy atom. The van der Waals surface area contributed by atoms with E-state index in [1.807, 2.05) is 20.2 Å². The average Bonchev–Trinajstić information content (AvgIpc) is 2.30. The zero-order valence-electron chi connectivity index (χ0n) is 10.3. The molecule has 1 aliphatic heterocycles. The van der Waals surface area contributed by atoms with E-state index in [9.17, 15) is 4.39 Å². The van der Waals surface area contributed by atoms with Crippen LogP contribution in [0.15, 0.2) is 24.3 Å². The van der Waals surface area contributed by atoms with Crippen LogP contribution in [0.3, 0.4) is 0 Å². The van der Waals surface area contributed by atoms with E-state index in [1.54, 1.807) is 12.1 Å². The molecule has 1 aromatic rings. The molecular formula is C13H19FN2O. The standard InChI is InChI=1S/C13H19FN2O/c1-16(2)13(12-9-17-7-6-15-12)10-4-3-5-11(14)8-10/h3-5,8,12-13,15H,6-7,9H2,1-2H3. The zero-order chi connectivity index (χ0) is 12.3. The summed E-state index contributed by atoms with van der Waals surface area (Å²) in [6, 6.07) is 7.13. The van der Waals surface area contributed by atoms with Crippen LogP contribution in [-0.2, 0) is 4.74 Å². The van der Waals surface area contributed by atoms with Crippen LogP contribution in [0, 0.1) is 5.82 Å². The molecule has 94 valence electrons. The van der Waals surface area contributed by atoms with Crippen molar-refractivity contribution in [3.8, 4) is 0 Å². The molecule has 1 aliphatic rings. The number of hydrogen-bond acceptors (Lipinski definition) is 3. The summed E-state index contributed by atoms with van der Waals surface area (Å²) in [5, 5.41) is 3.43. The molecule has 1 fully saturated rings. The first-order valence-electron chi connectivity index (χ1n) is 5.91. The second-order valence-electron chi connectivity index (χ2n) is 4.60. The van der Waals surface area contributed by atoms with E-state index in [4.69, 9.17) is 4.74 Å². The van der Waals surface area contributed by atoms with Gasteiger partial charge in [-0.2, -0.15) is 0 Å². The Morgan fingerprint density at radius 1 is 1.47 bits per heavy atom. The van der Waals surface area contributed by atoms with Crippen LogP contribution in [0.5, 0.6) is 0 Å². The second-order valence-corrected chi connectivity index (χ2v) is 4.60. The normalized spacial score (nSPS) is 22.7. The molecule has 1 saturated heterocycles. The number of hydrogen-bond donors (Lipinski definition) is 1. The fraction of sp³-hybridized carbons (Fsp3) is 0.538. The van der Waals surface area contributed by atoms with Gasteiger partial charge in [-0.3, -0.25) is 0 Å². The summed E-state index contributed by atoms with van der Waals surface area (Å²) in [5.74, 6) is -0.189. The van der Waals surface area contributed by atoms with E-state index in [2.05, 4.69) is 10.2 Å². The molecule has 3 nitrogen and oxygen atoms in total. The summed E-state index contributed by atoms with van der Waals surface area (Å²) in [6.45, 7) is 2.27. The lowest BCUT2D eigenvalue weighted by molar-refractivity contribution is 0.0459. The zero-order valence-corrected chi connectivity index (χ0v) is 10.3. The number of halogens is 1. The molecule has 1 aromatic carbocycles. The monoisotopic (exact) mass is 238 g/mol. The highest BCUT2D eigenvalue weighted by molar-refractivity contribution is 5.22. The maximum atomic E-state index is 13.3. The van der Waals surface area contributed by atoms with Crippen molar-refractivity contribution in [1.29, 1.82) is 0 Å². The van der Waals surface area contributed by atoms with Crippen LogP contribution in [0.1, 0.15) is 11.6 Å². The third kappa shape index (κ3) is 3.03. The van der Waals surface area contributed by atoms with Crippen molar-refractivity contribution in [3.05, 3.63) is 35.6 Å². The summed E-state index contributed by atoms with van der Waals surface area (Å²) >= 11 is 0. The number of nitrogens with zero attached hydrogens (tertiary/aromatic N) is 1. The van der Waals surface area contributed by atoms with Gasteiger partial charge in [-0.25, -0.2) is 4.39 Å². The highest BCUT2D eigenvalue weighted by atomic mass is 19.1. The van der Waals surface area contributed by atoms with Crippen molar-refractivity contribution < 1.29 is 9.13 Å². The minimum absolute atomic E-state index is 0.131. The second kappa shape index (κ2) is 5.58. The van der Waals surface area contributed by atoms with Crippen molar-refractivity contribution in [1.82, 2.24) is 10.2 Å². The van der Waals surface area contributed by atoms with Crippen molar-refractivity contribution in [2.45, 2.75) is 12.1 Å². The number of likely N-dealkylation sites (N-methyl/N-ethyl adjacent to an activating group) is 1. The molecule has 1 heterocycles. The van der Waals surface area contributed by atoms with E-state index in [0.29, 0.717) is 6.61 Å². The van der Waals surface area contributed by atoms with Crippen molar-refractivity contribution in [3.63, 3.8) is 0 Å². The fourth-order valence-electron chi connectivity index (χ4n) is 2.37. The van der Waals surface area contributed by atoms with Gasteiger partial charge in [0.15, 0.2) is 0 Å². The molecule has 4 heteroatoms. The van der Waals surface area contributed by atoms with Gasteiger partial charge in [-0.05, 0) is 31.8 Å². The molecule has 2 unspecified atom stereocenters. The Bertz CT molecular complexity index is 364. The summed E-state index contributed by atoms with van der Waals surface area (Å²) in [6.07, 6.45) is 0. The third-order valence-corrected chi connectivity index (χ3v) is 3.08. The lowest BCUT2D eigenvalue weighted by Gasteiger charge is -2.35. The van der Waals surface area contributed by atoms with Gasteiger partial charge in [0.25, 0.3) is 0 Å². The molecule has 17 heavy (non-hydrogen) atoms. The highest BCUT2D eigenvalue weighted by Crippen LogP contribution is 2.24. The largest absolute Gasteiger partial charge is 0.378 e. The lowest BCUT2D eigenvalue weighted by Crippen LogP contribution is -2.48. The smallest absolute Gasteiger partial charge is 0.123 e. The Labute approximate surface area is 102 Å². The molecule has 0 bridgehead atoms. The van der Waals surface area contributed by atoms with Crippen molar-refractivity contribution in [2.75, 3.05) is 33.9 Å². The van der Waals surface area contributed by atoms with Crippen molar-refractivity contribution >= 4 is 0 Å². The van der Waals surface area contributed by atoms with Gasteiger partial charge in [-0.1, -0.05) is 12.1 Å². The first-order chi connectivity index (χ1) is 8.18. The molecule has 0 spiro atoms. The Kier molecular flexibility index (Phi) is 4.10. The molecule has 0 aliphatic carbocycles. The van der Waals surface area contributed by atoms with Crippen molar-refractivity contribution in [2.24, 2.45) is 0 Å². The maximum Gasteiger partial charge on any atom is 0.123 e. The van der Waals surface area contributed by atoms with Crippen LogP contribution in [0.4, 0.5) is 4.39 Å². The molecule has 0 saturated carbocycles. The molecule has 2 atom stereocenters. The lowest BCUT2D eigenvalue weighted by atomic mass is 9.98. The molecule has 0 radical (unpaired) electrons. The molecule has 0 amide bonds. The number of morpholine rings is 1. The minimum atomic E-state index is -0.189. The fourth-order valence-corrected chi connectivity index (χ4v) is 2.37. The van der Waals surface area contributed by atoms with Gasteiger partial charge < -0.3 is 15.0 Å². The van der Waals surface area contributed by atoms with Gasteiger partial charge in [-0.15, -0.1) is 0 Å². The highest BCUT2D eigenvalue weighted by Gasteiger charge is 2.27. The summed E-state index contributed by atoms with van der Waals surface area (Å²) < 4.78 is 18.8. The Balaban J connectivity index is 2.21. The average molecular weight is 238 g/mol. The van der Waals surface area contributed by atoms with Gasteiger partial charge >= 0.3 is 0 Å². The summed E-state index contributed by atoms with van der Waals surface area (Å²) in [5.41, 5.74) is 0.984. The number of benzene rings is 1. The quantitative estimate of drug-likeness (QED) is 0.862. The van der Waals surface area contributed by atoms with E-state index in [1.165, 1.54) is 6.07 Å². The molecule has 2 rings (SSSR count). The van der Waals surface area contributed by atoms with Gasteiger partial charge in [0.1, 0.15) is 5.82 Å². The van der Waals surface area contributed by atoms with Gasteiger partial charge in [0.05, 0.1) is 25.3 Å². The van der Waals surface area contributed by atoms with Crippen LogP contribution >= 0.6 is 0 Å². The first-order valence-corrected chi connectivity index (χ1v) is 5.91. The third-order valence-electron chi connectivity index (χ3n) is 3.08. The predicted octanol–water partition coefficient (Wildman–Crippen LogP) is 1.42. The van der Waals surface area contributed by atoms with Crippen LogP contribution < -0.4 is 5.32 Å². The van der Waals surface area contributed by atoms with Crippen LogP contribution in [0.2, 0.25) is 0 Å². The number of rotatable bonds is 3. The molecule has 0 aromatic heterocycles. The Hall–Kier alpha value is -0.970. The molecular weight excluding hydrogens is 219 g/mol. The first kappa shape index (κ1) is 12.5. The van der Waals surface area contributed by atoms with Crippen LogP contribution in [-0.4, -0.2) is 44.8 Å².